The maximum absolute atomic E-state index is 10.1. The first kappa shape index (κ1) is 16.1. The predicted octanol–water partition coefficient (Wildman–Crippen LogP) is 4.54. The average Bonchev–Trinajstić information content (AvgIpc) is 2.93. The molecule has 1 aromatic carbocycles. The van der Waals surface area contributed by atoms with E-state index in [1.54, 1.807) is 39.3 Å². The lowest BCUT2D eigenvalue weighted by Crippen LogP contribution is -2.15. The van der Waals surface area contributed by atoms with Crippen LogP contribution in [0.2, 0.25) is 10.0 Å². The van der Waals surface area contributed by atoms with Crippen LogP contribution in [-0.4, -0.2) is 21.6 Å². The Morgan fingerprint density at radius 1 is 1.22 bits per heavy atom. The van der Waals surface area contributed by atoms with Gasteiger partial charge in [0, 0.05) is 18.0 Å². The number of aromatic nitrogens is 2. The van der Waals surface area contributed by atoms with Gasteiger partial charge < -0.3 is 14.2 Å². The molecule has 6 heteroatoms. The Kier molecular flexibility index (Phi) is 4.00. The highest BCUT2D eigenvalue weighted by Crippen LogP contribution is 2.40. The SMILES string of the molecule is COc1ccc(Cl)c(Cl)c1-c1ccn2cc(C(C)(C)O)nc2c1. The van der Waals surface area contributed by atoms with Crippen molar-refractivity contribution in [3.8, 4) is 16.9 Å². The number of nitrogens with zero attached hydrogens (tertiary/aromatic N) is 2. The number of ether oxygens (including phenoxy) is 1. The van der Waals surface area contributed by atoms with E-state index in [0.29, 0.717) is 27.1 Å². The van der Waals surface area contributed by atoms with Gasteiger partial charge in [-0.15, -0.1) is 0 Å². The highest BCUT2D eigenvalue weighted by molar-refractivity contribution is 6.44. The molecule has 0 spiro atoms. The van der Waals surface area contributed by atoms with E-state index in [0.717, 1.165) is 11.1 Å². The molecule has 0 unspecified atom stereocenters. The number of aliphatic hydroxyl groups is 1. The molecule has 0 atom stereocenters. The summed E-state index contributed by atoms with van der Waals surface area (Å²) in [6.45, 7) is 3.40. The van der Waals surface area contributed by atoms with Crippen LogP contribution < -0.4 is 4.74 Å². The van der Waals surface area contributed by atoms with Crippen LogP contribution >= 0.6 is 23.2 Å². The molecule has 0 fully saturated rings. The van der Waals surface area contributed by atoms with E-state index in [1.807, 2.05) is 22.7 Å². The standard InChI is InChI=1S/C17H16Cl2N2O2/c1-17(2,22)13-9-21-7-6-10(8-14(21)20-13)15-12(23-3)5-4-11(18)16(15)19/h4-9,22H,1-3H3. The maximum atomic E-state index is 10.1. The summed E-state index contributed by atoms with van der Waals surface area (Å²) in [6.07, 6.45) is 3.67. The van der Waals surface area contributed by atoms with Crippen molar-refractivity contribution in [1.82, 2.24) is 9.38 Å². The Labute approximate surface area is 144 Å². The van der Waals surface area contributed by atoms with Crippen LogP contribution in [0, 0.1) is 0 Å². The fourth-order valence-electron chi connectivity index (χ4n) is 2.40. The zero-order chi connectivity index (χ0) is 16.8. The molecule has 0 bridgehead atoms. The molecule has 0 amide bonds. The normalized spacial score (nSPS) is 11.9. The van der Waals surface area contributed by atoms with Crippen molar-refractivity contribution in [2.45, 2.75) is 19.4 Å². The molecule has 0 aliphatic carbocycles. The summed E-state index contributed by atoms with van der Waals surface area (Å²) in [4.78, 5) is 4.47. The van der Waals surface area contributed by atoms with Gasteiger partial charge in [0.25, 0.3) is 0 Å². The summed E-state index contributed by atoms with van der Waals surface area (Å²) in [5.74, 6) is 0.637. The smallest absolute Gasteiger partial charge is 0.137 e. The zero-order valence-electron chi connectivity index (χ0n) is 13.0. The fourth-order valence-corrected chi connectivity index (χ4v) is 2.83. The lowest BCUT2D eigenvalue weighted by Gasteiger charge is -2.12. The van der Waals surface area contributed by atoms with Gasteiger partial charge in [-0.1, -0.05) is 23.2 Å². The van der Waals surface area contributed by atoms with Crippen molar-refractivity contribution in [3.05, 3.63) is 52.4 Å². The van der Waals surface area contributed by atoms with Crippen LogP contribution in [0.25, 0.3) is 16.8 Å². The average molecular weight is 351 g/mol. The zero-order valence-corrected chi connectivity index (χ0v) is 14.5. The molecule has 120 valence electrons. The molecule has 0 aliphatic rings. The third-order valence-electron chi connectivity index (χ3n) is 3.65. The molecule has 2 heterocycles. The van der Waals surface area contributed by atoms with E-state index < -0.39 is 5.60 Å². The molecule has 0 saturated carbocycles. The van der Waals surface area contributed by atoms with Gasteiger partial charge in [0.15, 0.2) is 0 Å². The topological polar surface area (TPSA) is 46.8 Å². The van der Waals surface area contributed by atoms with Crippen molar-refractivity contribution in [2.75, 3.05) is 7.11 Å². The van der Waals surface area contributed by atoms with E-state index in [4.69, 9.17) is 27.9 Å². The number of imidazole rings is 1. The molecule has 0 saturated heterocycles. The Balaban J connectivity index is 2.20. The summed E-state index contributed by atoms with van der Waals surface area (Å²) in [5, 5.41) is 11.0. The van der Waals surface area contributed by atoms with Crippen LogP contribution in [0.1, 0.15) is 19.5 Å². The molecule has 0 aliphatic heterocycles. The Morgan fingerprint density at radius 3 is 2.61 bits per heavy atom. The van der Waals surface area contributed by atoms with Gasteiger partial charge in [0.1, 0.15) is 17.0 Å². The third-order valence-corrected chi connectivity index (χ3v) is 4.46. The maximum Gasteiger partial charge on any atom is 0.137 e. The monoisotopic (exact) mass is 350 g/mol. The van der Waals surface area contributed by atoms with Gasteiger partial charge >= 0.3 is 0 Å². The van der Waals surface area contributed by atoms with Gasteiger partial charge in [0.05, 0.1) is 22.8 Å². The van der Waals surface area contributed by atoms with E-state index >= 15 is 0 Å². The van der Waals surface area contributed by atoms with Gasteiger partial charge in [-0.25, -0.2) is 4.98 Å². The molecular weight excluding hydrogens is 335 g/mol. The van der Waals surface area contributed by atoms with Gasteiger partial charge in [-0.2, -0.15) is 0 Å². The highest BCUT2D eigenvalue weighted by Gasteiger charge is 2.20. The first-order valence-electron chi connectivity index (χ1n) is 7.05. The molecule has 0 radical (unpaired) electrons. The number of methoxy groups -OCH3 is 1. The minimum absolute atomic E-state index is 0.435. The predicted molar refractivity (Wildman–Crippen MR) is 92.4 cm³/mol. The second-order valence-corrected chi connectivity index (χ2v) is 6.59. The van der Waals surface area contributed by atoms with Gasteiger partial charge in [-0.3, -0.25) is 0 Å². The van der Waals surface area contributed by atoms with E-state index in [9.17, 15) is 5.11 Å². The first-order chi connectivity index (χ1) is 10.8. The molecule has 3 aromatic rings. The fraction of sp³-hybridized carbons (Fsp3) is 0.235. The minimum Gasteiger partial charge on any atom is -0.496 e. The number of rotatable bonds is 3. The molecule has 2 aromatic heterocycles. The van der Waals surface area contributed by atoms with Crippen LogP contribution in [0.5, 0.6) is 5.75 Å². The van der Waals surface area contributed by atoms with Crippen molar-refractivity contribution in [2.24, 2.45) is 0 Å². The Morgan fingerprint density at radius 2 is 1.96 bits per heavy atom. The first-order valence-corrected chi connectivity index (χ1v) is 7.81. The lowest BCUT2D eigenvalue weighted by molar-refractivity contribution is 0.0744. The second kappa shape index (κ2) is 5.71. The van der Waals surface area contributed by atoms with E-state index in [1.165, 1.54) is 0 Å². The van der Waals surface area contributed by atoms with E-state index in [-0.39, 0.29) is 0 Å². The number of hydrogen-bond acceptors (Lipinski definition) is 3. The Bertz CT molecular complexity index is 882. The quantitative estimate of drug-likeness (QED) is 0.753. The van der Waals surface area contributed by atoms with Crippen LogP contribution in [0.4, 0.5) is 0 Å². The van der Waals surface area contributed by atoms with Crippen molar-refractivity contribution in [3.63, 3.8) is 0 Å². The number of hydrogen-bond donors (Lipinski definition) is 1. The van der Waals surface area contributed by atoms with Gasteiger partial charge in [-0.05, 0) is 43.7 Å². The number of fused-ring (bicyclic) bond motifs is 1. The number of pyridine rings is 1. The van der Waals surface area contributed by atoms with Crippen LogP contribution in [0.15, 0.2) is 36.7 Å². The summed E-state index contributed by atoms with van der Waals surface area (Å²) in [6, 6.07) is 7.27. The van der Waals surface area contributed by atoms with Crippen LogP contribution in [-0.2, 0) is 5.60 Å². The minimum atomic E-state index is -1.00. The molecule has 3 rings (SSSR count). The van der Waals surface area contributed by atoms with Crippen molar-refractivity contribution >= 4 is 28.8 Å². The largest absolute Gasteiger partial charge is 0.496 e. The molecule has 23 heavy (non-hydrogen) atoms. The number of halogens is 2. The van der Waals surface area contributed by atoms with Crippen molar-refractivity contribution < 1.29 is 9.84 Å². The van der Waals surface area contributed by atoms with Crippen molar-refractivity contribution in [1.29, 1.82) is 0 Å². The second-order valence-electron chi connectivity index (χ2n) is 5.80. The summed E-state index contributed by atoms with van der Waals surface area (Å²) >= 11 is 12.5. The highest BCUT2D eigenvalue weighted by atomic mass is 35.5. The van der Waals surface area contributed by atoms with E-state index in [2.05, 4.69) is 4.98 Å². The van der Waals surface area contributed by atoms with Gasteiger partial charge in [0.2, 0.25) is 0 Å². The molecule has 4 nitrogen and oxygen atoms in total. The van der Waals surface area contributed by atoms with Crippen LogP contribution in [0.3, 0.4) is 0 Å². The summed E-state index contributed by atoms with van der Waals surface area (Å²) in [5.41, 5.74) is 1.86. The lowest BCUT2D eigenvalue weighted by atomic mass is 10.1. The summed E-state index contributed by atoms with van der Waals surface area (Å²) < 4.78 is 7.25. The summed E-state index contributed by atoms with van der Waals surface area (Å²) in [7, 11) is 1.59. The molecule has 1 N–H and O–H groups in total. The molecular formula is C17H16Cl2N2O2. The Hall–Kier alpha value is -1.75. The number of benzene rings is 1. The third kappa shape index (κ3) is 2.90.